The van der Waals surface area contributed by atoms with Crippen molar-refractivity contribution in [2.75, 3.05) is 12.1 Å². The van der Waals surface area contributed by atoms with E-state index in [1.807, 2.05) is 62.4 Å². The zero-order valence-corrected chi connectivity index (χ0v) is 16.6. The highest BCUT2D eigenvalue weighted by Crippen LogP contribution is 2.30. The fraction of sp³-hybridized carbons (Fsp3) is 0.227. The molecule has 1 atom stereocenters. The number of aryl methyl sites for hydroxylation is 2. The monoisotopic (exact) mass is 389 g/mol. The first-order valence-corrected chi connectivity index (χ1v) is 9.40. The molecular formula is C22H23N5O2. The van der Waals surface area contributed by atoms with Crippen LogP contribution in [0.4, 0.5) is 5.69 Å². The molecule has 4 rings (SSSR count). The summed E-state index contributed by atoms with van der Waals surface area (Å²) in [6.45, 7) is 4.29. The second-order valence-corrected chi connectivity index (χ2v) is 6.95. The molecule has 0 fully saturated rings. The minimum atomic E-state index is -0.943. The topological polar surface area (TPSA) is 73.6 Å². The van der Waals surface area contributed by atoms with Crippen LogP contribution < -0.4 is 9.75 Å². The summed E-state index contributed by atoms with van der Waals surface area (Å²) in [5.74, 6) is 0.553. The molecule has 1 unspecified atom stereocenters. The van der Waals surface area contributed by atoms with Gasteiger partial charge in [0.05, 0.1) is 5.69 Å². The average molecular weight is 389 g/mol. The summed E-state index contributed by atoms with van der Waals surface area (Å²) >= 11 is 0. The van der Waals surface area contributed by atoms with Crippen LogP contribution in [-0.2, 0) is 6.61 Å². The molecule has 2 aromatic carbocycles. The van der Waals surface area contributed by atoms with Crippen molar-refractivity contribution in [3.05, 3.63) is 77.5 Å². The van der Waals surface area contributed by atoms with E-state index in [2.05, 4.69) is 27.6 Å². The number of anilines is 1. The summed E-state index contributed by atoms with van der Waals surface area (Å²) in [5.41, 5.74) is 5.83. The lowest BCUT2D eigenvalue weighted by atomic mass is 10.0. The number of nitrogens with zero attached hydrogens (tertiary/aromatic N) is 5. The van der Waals surface area contributed by atoms with Gasteiger partial charge in [-0.3, -0.25) is 0 Å². The van der Waals surface area contributed by atoms with Crippen molar-refractivity contribution < 1.29 is 9.84 Å². The van der Waals surface area contributed by atoms with Crippen LogP contribution in [0, 0.1) is 13.8 Å². The summed E-state index contributed by atoms with van der Waals surface area (Å²) < 4.78 is 6.00. The van der Waals surface area contributed by atoms with Gasteiger partial charge in [0.25, 0.3) is 0 Å². The highest BCUT2D eigenvalue weighted by Gasteiger charge is 2.28. The van der Waals surface area contributed by atoms with Crippen LogP contribution in [0.5, 0.6) is 5.88 Å². The molecule has 1 aliphatic rings. The Morgan fingerprint density at radius 1 is 0.966 bits per heavy atom. The van der Waals surface area contributed by atoms with Gasteiger partial charge >= 0.3 is 0 Å². The maximum Gasteiger partial charge on any atom is 0.245 e. The van der Waals surface area contributed by atoms with Crippen molar-refractivity contribution in [2.45, 2.75) is 26.8 Å². The van der Waals surface area contributed by atoms with E-state index in [1.165, 1.54) is 10.0 Å². The lowest BCUT2D eigenvalue weighted by Crippen LogP contribution is -2.36. The first kappa shape index (κ1) is 18.9. The molecule has 2 heterocycles. The van der Waals surface area contributed by atoms with E-state index in [9.17, 15) is 5.11 Å². The van der Waals surface area contributed by atoms with E-state index < -0.39 is 6.35 Å². The van der Waals surface area contributed by atoms with Crippen molar-refractivity contribution in [3.63, 3.8) is 0 Å². The molecule has 29 heavy (non-hydrogen) atoms. The molecule has 0 spiro atoms. The predicted molar refractivity (Wildman–Crippen MR) is 111 cm³/mol. The third-order valence-electron chi connectivity index (χ3n) is 4.97. The van der Waals surface area contributed by atoms with Gasteiger partial charge in [-0.1, -0.05) is 42.5 Å². The van der Waals surface area contributed by atoms with Gasteiger partial charge in [-0.2, -0.15) is 5.01 Å². The van der Waals surface area contributed by atoms with Gasteiger partial charge in [-0.05, 0) is 47.6 Å². The second-order valence-electron chi connectivity index (χ2n) is 6.95. The number of pyridine rings is 1. The van der Waals surface area contributed by atoms with Crippen molar-refractivity contribution in [1.82, 2.24) is 9.99 Å². The molecule has 0 bridgehead atoms. The first-order chi connectivity index (χ1) is 14.0. The number of benzene rings is 2. The van der Waals surface area contributed by atoms with Gasteiger partial charge in [0.1, 0.15) is 6.61 Å². The van der Waals surface area contributed by atoms with Crippen LogP contribution in [0.15, 0.2) is 71.1 Å². The van der Waals surface area contributed by atoms with E-state index in [-0.39, 0.29) is 0 Å². The van der Waals surface area contributed by atoms with Crippen LogP contribution in [0.3, 0.4) is 0 Å². The molecule has 1 N–H and O–H groups in total. The van der Waals surface area contributed by atoms with E-state index in [1.54, 1.807) is 7.05 Å². The Labute approximate surface area is 169 Å². The standard InChI is InChI=1S/C22H23N5O2/c1-15-8-7-11-20(27-22(28)26(3)24-25-27)19(15)14-29-21-13-12-18(16(2)23-21)17-9-5-4-6-10-17/h4-13,22,28H,14H2,1-3H3. The third kappa shape index (κ3) is 3.77. The Morgan fingerprint density at radius 2 is 1.76 bits per heavy atom. The van der Waals surface area contributed by atoms with Gasteiger partial charge in [-0.15, -0.1) is 0 Å². The van der Waals surface area contributed by atoms with E-state index in [0.29, 0.717) is 12.5 Å². The maximum atomic E-state index is 10.3. The molecule has 7 nitrogen and oxygen atoms in total. The summed E-state index contributed by atoms with van der Waals surface area (Å²) in [6.07, 6.45) is -0.943. The Balaban J connectivity index is 1.56. The maximum absolute atomic E-state index is 10.3. The third-order valence-corrected chi connectivity index (χ3v) is 4.97. The van der Waals surface area contributed by atoms with Crippen LogP contribution >= 0.6 is 0 Å². The lowest BCUT2D eigenvalue weighted by Gasteiger charge is -2.23. The largest absolute Gasteiger partial charge is 0.473 e. The van der Waals surface area contributed by atoms with Crippen molar-refractivity contribution in [3.8, 4) is 17.0 Å². The molecule has 0 aliphatic carbocycles. The number of hydrogen-bond donors (Lipinski definition) is 1. The average Bonchev–Trinajstić information content (AvgIpc) is 3.06. The molecule has 0 amide bonds. The number of hydrogen-bond acceptors (Lipinski definition) is 7. The molecule has 0 saturated carbocycles. The van der Waals surface area contributed by atoms with Gasteiger partial charge < -0.3 is 9.84 Å². The highest BCUT2D eigenvalue weighted by molar-refractivity contribution is 5.66. The van der Waals surface area contributed by atoms with Crippen molar-refractivity contribution in [2.24, 2.45) is 10.4 Å². The van der Waals surface area contributed by atoms with E-state index in [0.717, 1.165) is 33.6 Å². The number of aliphatic hydroxyl groups is 1. The van der Waals surface area contributed by atoms with Gasteiger partial charge in [0, 0.05) is 29.9 Å². The van der Waals surface area contributed by atoms with Crippen LogP contribution in [0.25, 0.3) is 11.1 Å². The highest BCUT2D eigenvalue weighted by atomic mass is 16.5. The smallest absolute Gasteiger partial charge is 0.245 e. The second kappa shape index (κ2) is 7.89. The zero-order chi connectivity index (χ0) is 20.4. The van der Waals surface area contributed by atoms with E-state index in [4.69, 9.17) is 4.74 Å². The molecule has 148 valence electrons. The number of aromatic nitrogens is 1. The molecule has 1 aromatic heterocycles. The fourth-order valence-electron chi connectivity index (χ4n) is 3.31. The van der Waals surface area contributed by atoms with Gasteiger partial charge in [0.2, 0.25) is 12.2 Å². The molecule has 3 aromatic rings. The van der Waals surface area contributed by atoms with Gasteiger partial charge in [-0.25, -0.2) is 9.99 Å². The Hall–Kier alpha value is -3.45. The van der Waals surface area contributed by atoms with Crippen LogP contribution in [0.1, 0.15) is 16.8 Å². The normalized spacial score (nSPS) is 15.8. The number of rotatable bonds is 5. The Kier molecular flexibility index (Phi) is 5.14. The summed E-state index contributed by atoms with van der Waals surface area (Å²) in [7, 11) is 1.67. The predicted octanol–water partition coefficient (Wildman–Crippen LogP) is 4.25. The Morgan fingerprint density at radius 3 is 2.45 bits per heavy atom. The zero-order valence-electron chi connectivity index (χ0n) is 16.6. The summed E-state index contributed by atoms with van der Waals surface area (Å²) in [6, 6.07) is 19.9. The van der Waals surface area contributed by atoms with Crippen molar-refractivity contribution >= 4 is 5.69 Å². The van der Waals surface area contributed by atoms with Crippen molar-refractivity contribution in [1.29, 1.82) is 0 Å². The molecule has 0 radical (unpaired) electrons. The number of ether oxygens (including phenoxy) is 1. The van der Waals surface area contributed by atoms with E-state index >= 15 is 0 Å². The summed E-state index contributed by atoms with van der Waals surface area (Å²) in [4.78, 5) is 4.61. The summed E-state index contributed by atoms with van der Waals surface area (Å²) in [5, 5.41) is 21.1. The fourth-order valence-corrected chi connectivity index (χ4v) is 3.31. The van der Waals surface area contributed by atoms with Crippen LogP contribution in [-0.4, -0.2) is 28.5 Å². The molecular weight excluding hydrogens is 366 g/mol. The quantitative estimate of drug-likeness (QED) is 0.706. The molecule has 1 aliphatic heterocycles. The minimum Gasteiger partial charge on any atom is -0.473 e. The SMILES string of the molecule is Cc1cccc(N2N=NN(C)C2O)c1COc1ccc(-c2ccccc2)c(C)n1. The Bertz CT molecular complexity index is 1040. The molecule has 0 saturated heterocycles. The number of aliphatic hydroxyl groups excluding tert-OH is 1. The minimum absolute atomic E-state index is 0.307. The first-order valence-electron chi connectivity index (χ1n) is 9.40. The molecule has 7 heteroatoms. The lowest BCUT2D eigenvalue weighted by molar-refractivity contribution is 0.0456. The van der Waals surface area contributed by atoms with Gasteiger partial charge in [0.15, 0.2) is 0 Å². The van der Waals surface area contributed by atoms with Crippen LogP contribution in [0.2, 0.25) is 0 Å².